The minimum absolute atomic E-state index is 0.0613. The molecule has 0 aliphatic carbocycles. The van der Waals surface area contributed by atoms with Crippen molar-refractivity contribution in [1.82, 2.24) is 4.72 Å². The molecule has 0 aromatic heterocycles. The van der Waals surface area contributed by atoms with Crippen molar-refractivity contribution in [3.05, 3.63) is 0 Å². The largest absolute Gasteiger partial charge is 0.481 e. The van der Waals surface area contributed by atoms with Gasteiger partial charge in [0.2, 0.25) is 10.0 Å². The first-order valence-corrected chi connectivity index (χ1v) is 6.53. The minimum Gasteiger partial charge on any atom is -0.481 e. The van der Waals surface area contributed by atoms with Gasteiger partial charge in [0, 0.05) is 13.0 Å². The Morgan fingerprint density at radius 2 is 1.82 bits per heavy atom. The lowest BCUT2D eigenvalue weighted by Gasteiger charge is -2.07. The number of halogens is 3. The van der Waals surface area contributed by atoms with Gasteiger partial charge in [0.05, 0.1) is 12.2 Å². The van der Waals surface area contributed by atoms with E-state index in [1.165, 1.54) is 0 Å². The summed E-state index contributed by atoms with van der Waals surface area (Å²) in [6.07, 6.45) is -5.82. The Kier molecular flexibility index (Phi) is 6.46. The van der Waals surface area contributed by atoms with E-state index in [-0.39, 0.29) is 19.4 Å². The summed E-state index contributed by atoms with van der Waals surface area (Å²) in [5, 5.41) is 8.26. The van der Waals surface area contributed by atoms with E-state index in [2.05, 4.69) is 0 Å². The Morgan fingerprint density at radius 3 is 2.29 bits per heavy atom. The molecular weight excluding hydrogens is 263 g/mol. The number of carboxylic acid groups (broad SMARTS) is 1. The molecule has 102 valence electrons. The maximum Gasteiger partial charge on any atom is 0.389 e. The second-order valence-electron chi connectivity index (χ2n) is 3.43. The molecule has 0 saturated carbocycles. The molecule has 0 amide bonds. The monoisotopic (exact) mass is 277 g/mol. The van der Waals surface area contributed by atoms with Crippen molar-refractivity contribution >= 4 is 16.0 Å². The highest BCUT2D eigenvalue weighted by atomic mass is 32.2. The van der Waals surface area contributed by atoms with Crippen LogP contribution in [0.4, 0.5) is 13.2 Å². The minimum atomic E-state index is -4.23. The molecule has 5 nitrogen and oxygen atoms in total. The molecule has 0 fully saturated rings. The molecular formula is C8H14F3NO4S. The van der Waals surface area contributed by atoms with Crippen molar-refractivity contribution in [2.45, 2.75) is 31.9 Å². The second kappa shape index (κ2) is 6.80. The van der Waals surface area contributed by atoms with E-state index in [0.717, 1.165) is 0 Å². The van der Waals surface area contributed by atoms with Gasteiger partial charge in [-0.3, -0.25) is 4.79 Å². The molecule has 0 aliphatic rings. The zero-order valence-electron chi connectivity index (χ0n) is 8.96. The summed E-state index contributed by atoms with van der Waals surface area (Å²) in [7, 11) is -3.70. The number of carboxylic acids is 1. The maximum atomic E-state index is 11.7. The fraction of sp³-hybridized carbons (Fsp3) is 0.875. The number of rotatable bonds is 8. The first-order valence-electron chi connectivity index (χ1n) is 4.88. The van der Waals surface area contributed by atoms with Crippen LogP contribution in [0.5, 0.6) is 0 Å². The molecule has 0 atom stereocenters. The van der Waals surface area contributed by atoms with E-state index in [1.54, 1.807) is 0 Å². The SMILES string of the molecule is O=C(O)CCS(=O)(=O)NCCCCC(F)(F)F. The number of unbranched alkanes of at least 4 members (excludes halogenated alkanes) is 1. The molecule has 0 bridgehead atoms. The summed E-state index contributed by atoms with van der Waals surface area (Å²) in [6.45, 7) is -0.113. The molecule has 0 rings (SSSR count). The smallest absolute Gasteiger partial charge is 0.389 e. The molecule has 0 aromatic rings. The van der Waals surface area contributed by atoms with E-state index in [9.17, 15) is 26.4 Å². The van der Waals surface area contributed by atoms with Crippen molar-refractivity contribution in [3.8, 4) is 0 Å². The Balaban J connectivity index is 3.70. The van der Waals surface area contributed by atoms with E-state index in [0.29, 0.717) is 0 Å². The number of carbonyl (C=O) groups is 1. The summed E-state index contributed by atoms with van der Waals surface area (Å²) < 4.78 is 59.4. The van der Waals surface area contributed by atoms with Crippen LogP contribution in [0.1, 0.15) is 25.7 Å². The Morgan fingerprint density at radius 1 is 1.24 bits per heavy atom. The topological polar surface area (TPSA) is 83.5 Å². The summed E-state index contributed by atoms with van der Waals surface area (Å²) in [6, 6.07) is 0. The number of alkyl halides is 3. The summed E-state index contributed by atoms with van der Waals surface area (Å²) in [5.41, 5.74) is 0. The average molecular weight is 277 g/mol. The highest BCUT2D eigenvalue weighted by Gasteiger charge is 2.25. The predicted molar refractivity (Wildman–Crippen MR) is 53.9 cm³/mol. The zero-order chi connectivity index (χ0) is 13.5. The maximum absolute atomic E-state index is 11.7. The molecule has 0 saturated heterocycles. The summed E-state index contributed by atoms with van der Waals surface area (Å²) >= 11 is 0. The highest BCUT2D eigenvalue weighted by molar-refractivity contribution is 7.89. The van der Waals surface area contributed by atoms with E-state index >= 15 is 0 Å². The molecule has 0 spiro atoms. The van der Waals surface area contributed by atoms with Crippen LogP contribution >= 0.6 is 0 Å². The Hall–Kier alpha value is -0.830. The van der Waals surface area contributed by atoms with Crippen molar-refractivity contribution in [3.63, 3.8) is 0 Å². The van der Waals surface area contributed by atoms with E-state index < -0.39 is 40.8 Å². The quantitative estimate of drug-likeness (QED) is 0.651. The highest BCUT2D eigenvalue weighted by Crippen LogP contribution is 2.21. The van der Waals surface area contributed by atoms with E-state index in [4.69, 9.17) is 5.11 Å². The molecule has 0 aliphatic heterocycles. The number of nitrogens with one attached hydrogen (secondary N) is 1. The third kappa shape index (κ3) is 11.4. The van der Waals surface area contributed by atoms with Crippen LogP contribution in [-0.2, 0) is 14.8 Å². The molecule has 0 radical (unpaired) electrons. The summed E-state index contributed by atoms with van der Waals surface area (Å²) in [5.74, 6) is -1.81. The number of sulfonamides is 1. The fourth-order valence-corrected chi connectivity index (χ4v) is 2.01. The second-order valence-corrected chi connectivity index (χ2v) is 5.36. The van der Waals surface area contributed by atoms with Gasteiger partial charge in [-0.2, -0.15) is 13.2 Å². The van der Waals surface area contributed by atoms with Gasteiger partial charge in [0.15, 0.2) is 0 Å². The van der Waals surface area contributed by atoms with E-state index in [1.807, 2.05) is 4.72 Å². The van der Waals surface area contributed by atoms with Crippen LogP contribution in [0.25, 0.3) is 0 Å². The van der Waals surface area contributed by atoms with Crippen LogP contribution in [0.15, 0.2) is 0 Å². The van der Waals surface area contributed by atoms with Gasteiger partial charge in [-0.15, -0.1) is 0 Å². The molecule has 2 N–H and O–H groups in total. The lowest BCUT2D eigenvalue weighted by Crippen LogP contribution is -2.28. The van der Waals surface area contributed by atoms with Crippen molar-refractivity contribution in [2.75, 3.05) is 12.3 Å². The van der Waals surface area contributed by atoms with Crippen LogP contribution < -0.4 is 4.72 Å². The zero-order valence-corrected chi connectivity index (χ0v) is 9.77. The van der Waals surface area contributed by atoms with Crippen molar-refractivity contribution < 1.29 is 31.5 Å². The molecule has 9 heteroatoms. The van der Waals surface area contributed by atoms with Crippen LogP contribution in [0, 0.1) is 0 Å². The first-order chi connectivity index (χ1) is 7.62. The normalized spacial score (nSPS) is 12.6. The molecule has 0 aromatic carbocycles. The number of hydrogen-bond acceptors (Lipinski definition) is 3. The van der Waals surface area contributed by atoms with Crippen molar-refractivity contribution in [2.24, 2.45) is 0 Å². The average Bonchev–Trinajstić information content (AvgIpc) is 2.12. The van der Waals surface area contributed by atoms with Gasteiger partial charge in [0.1, 0.15) is 0 Å². The molecule has 0 heterocycles. The number of aliphatic carboxylic acids is 1. The predicted octanol–water partition coefficient (Wildman–Crippen LogP) is 1.11. The van der Waals surface area contributed by atoms with Gasteiger partial charge >= 0.3 is 12.1 Å². The van der Waals surface area contributed by atoms with Crippen LogP contribution in [0.3, 0.4) is 0 Å². The van der Waals surface area contributed by atoms with Gasteiger partial charge in [-0.05, 0) is 12.8 Å². The van der Waals surface area contributed by atoms with Gasteiger partial charge in [0.25, 0.3) is 0 Å². The Labute approximate surface area is 97.1 Å². The summed E-state index contributed by atoms with van der Waals surface area (Å²) in [4.78, 5) is 10.1. The number of hydrogen-bond donors (Lipinski definition) is 2. The van der Waals surface area contributed by atoms with Gasteiger partial charge in [-0.1, -0.05) is 0 Å². The standard InChI is InChI=1S/C8H14F3NO4S/c9-8(10,11)4-1-2-5-12-17(15,16)6-3-7(13)14/h12H,1-6H2,(H,13,14). The van der Waals surface area contributed by atoms with Crippen molar-refractivity contribution in [1.29, 1.82) is 0 Å². The Bertz CT molecular complexity index is 339. The lowest BCUT2D eigenvalue weighted by atomic mass is 10.2. The molecule has 0 unspecified atom stereocenters. The lowest BCUT2D eigenvalue weighted by molar-refractivity contribution is -0.137. The van der Waals surface area contributed by atoms with Gasteiger partial charge in [-0.25, -0.2) is 13.1 Å². The van der Waals surface area contributed by atoms with Crippen LogP contribution in [-0.4, -0.2) is 38.0 Å². The molecule has 17 heavy (non-hydrogen) atoms. The third-order valence-electron chi connectivity index (χ3n) is 1.79. The first kappa shape index (κ1) is 16.2. The van der Waals surface area contributed by atoms with Gasteiger partial charge < -0.3 is 5.11 Å². The third-order valence-corrected chi connectivity index (χ3v) is 3.18. The van der Waals surface area contributed by atoms with Crippen LogP contribution in [0.2, 0.25) is 0 Å². The fourth-order valence-electron chi connectivity index (χ4n) is 0.972.